The summed E-state index contributed by atoms with van der Waals surface area (Å²) in [6.45, 7) is 8.38. The first-order chi connectivity index (χ1) is 13.5. The van der Waals surface area contributed by atoms with Gasteiger partial charge in [-0.25, -0.2) is 15.0 Å². The van der Waals surface area contributed by atoms with Crippen LogP contribution in [0, 0.1) is 12.3 Å². The van der Waals surface area contributed by atoms with Crippen molar-refractivity contribution < 1.29 is 9.84 Å². The van der Waals surface area contributed by atoms with Crippen LogP contribution in [0.3, 0.4) is 0 Å². The number of anilines is 1. The number of nitrogens with zero attached hydrogens (tertiary/aromatic N) is 4. The molecule has 1 saturated heterocycles. The molecular weight excluding hydrogens is 352 g/mol. The molecule has 6 nitrogen and oxygen atoms in total. The summed E-state index contributed by atoms with van der Waals surface area (Å²) in [4.78, 5) is 16.1. The molecule has 1 aliphatic rings. The van der Waals surface area contributed by atoms with Gasteiger partial charge in [-0.2, -0.15) is 0 Å². The summed E-state index contributed by atoms with van der Waals surface area (Å²) >= 11 is 0. The molecule has 0 spiro atoms. The van der Waals surface area contributed by atoms with Crippen molar-refractivity contribution in [2.24, 2.45) is 5.41 Å². The number of aliphatic hydroxyl groups excluding tert-OH is 1. The number of aliphatic hydroxyl groups is 1. The van der Waals surface area contributed by atoms with Crippen LogP contribution in [0.15, 0.2) is 18.3 Å². The summed E-state index contributed by atoms with van der Waals surface area (Å²) in [5, 5.41) is 9.98. The van der Waals surface area contributed by atoms with E-state index in [1.54, 1.807) is 13.3 Å². The van der Waals surface area contributed by atoms with Crippen molar-refractivity contribution in [3.63, 3.8) is 0 Å². The van der Waals surface area contributed by atoms with Gasteiger partial charge in [-0.05, 0) is 43.7 Å². The maximum atomic E-state index is 9.98. The molecule has 0 saturated carbocycles. The predicted octanol–water partition coefficient (Wildman–Crippen LogP) is 4.14. The molecule has 0 bridgehead atoms. The first-order valence-corrected chi connectivity index (χ1v) is 10.2. The summed E-state index contributed by atoms with van der Waals surface area (Å²) in [6.07, 6.45) is 7.81. The second-order valence-corrected chi connectivity index (χ2v) is 8.05. The Bertz CT molecular complexity index is 801. The molecular formula is C22H32N4O2. The van der Waals surface area contributed by atoms with E-state index in [0.717, 1.165) is 43.0 Å². The van der Waals surface area contributed by atoms with Crippen molar-refractivity contribution in [1.82, 2.24) is 15.0 Å². The zero-order valence-corrected chi connectivity index (χ0v) is 17.5. The highest BCUT2D eigenvalue weighted by atomic mass is 16.5. The van der Waals surface area contributed by atoms with Crippen LogP contribution in [-0.2, 0) is 6.61 Å². The Hall–Kier alpha value is -2.21. The number of hydrogen-bond donors (Lipinski definition) is 1. The minimum atomic E-state index is -0.137. The van der Waals surface area contributed by atoms with E-state index in [1.165, 1.54) is 19.3 Å². The Morgan fingerprint density at radius 3 is 2.64 bits per heavy atom. The number of piperidine rings is 1. The smallest absolute Gasteiger partial charge is 0.222 e. The van der Waals surface area contributed by atoms with Gasteiger partial charge < -0.3 is 14.7 Å². The highest BCUT2D eigenvalue weighted by molar-refractivity contribution is 5.68. The van der Waals surface area contributed by atoms with Gasteiger partial charge in [0.25, 0.3) is 0 Å². The number of pyridine rings is 1. The van der Waals surface area contributed by atoms with Crippen LogP contribution in [0.4, 0.5) is 5.82 Å². The molecule has 0 atom stereocenters. The largest absolute Gasteiger partial charge is 0.481 e. The molecule has 0 aliphatic carbocycles. The van der Waals surface area contributed by atoms with E-state index in [1.807, 2.05) is 19.1 Å². The molecule has 6 heteroatoms. The van der Waals surface area contributed by atoms with E-state index >= 15 is 0 Å². The van der Waals surface area contributed by atoms with Gasteiger partial charge >= 0.3 is 0 Å². The van der Waals surface area contributed by atoms with Gasteiger partial charge in [-0.15, -0.1) is 0 Å². The van der Waals surface area contributed by atoms with Crippen molar-refractivity contribution in [2.45, 2.75) is 59.5 Å². The molecule has 1 aliphatic heterocycles. The lowest BCUT2D eigenvalue weighted by molar-refractivity contribution is 0.220. The van der Waals surface area contributed by atoms with E-state index in [2.05, 4.69) is 23.7 Å². The second kappa shape index (κ2) is 8.86. The van der Waals surface area contributed by atoms with Gasteiger partial charge in [0.05, 0.1) is 30.7 Å². The molecule has 3 rings (SSSR count). The monoisotopic (exact) mass is 384 g/mol. The number of unbranched alkanes of at least 4 members (excludes halogenated alkanes) is 1. The third kappa shape index (κ3) is 4.27. The molecule has 2 aromatic heterocycles. The van der Waals surface area contributed by atoms with Gasteiger partial charge in [-0.1, -0.05) is 26.7 Å². The van der Waals surface area contributed by atoms with Crippen molar-refractivity contribution >= 4 is 5.82 Å². The number of rotatable bonds is 7. The van der Waals surface area contributed by atoms with Crippen LogP contribution in [0.2, 0.25) is 0 Å². The highest BCUT2D eigenvalue weighted by Gasteiger charge is 2.31. The molecule has 1 fully saturated rings. The van der Waals surface area contributed by atoms with E-state index in [4.69, 9.17) is 14.7 Å². The lowest BCUT2D eigenvalue weighted by atomic mass is 9.76. The van der Waals surface area contributed by atoms with Crippen LogP contribution in [0.5, 0.6) is 5.88 Å². The zero-order valence-electron chi connectivity index (χ0n) is 17.5. The number of ether oxygens (including phenoxy) is 1. The Labute approximate surface area is 168 Å². The normalized spacial score (nSPS) is 16.2. The minimum absolute atomic E-state index is 0.137. The van der Waals surface area contributed by atoms with E-state index in [0.29, 0.717) is 22.7 Å². The summed E-state index contributed by atoms with van der Waals surface area (Å²) < 4.78 is 5.38. The maximum absolute atomic E-state index is 9.98. The van der Waals surface area contributed by atoms with Gasteiger partial charge in [-0.3, -0.25) is 0 Å². The molecule has 152 valence electrons. The summed E-state index contributed by atoms with van der Waals surface area (Å²) in [5.74, 6) is 1.32. The second-order valence-electron chi connectivity index (χ2n) is 8.05. The quantitative estimate of drug-likeness (QED) is 0.773. The molecule has 1 N–H and O–H groups in total. The molecule has 28 heavy (non-hydrogen) atoms. The first kappa shape index (κ1) is 20.5. The summed E-state index contributed by atoms with van der Waals surface area (Å²) in [7, 11) is 1.60. The van der Waals surface area contributed by atoms with Gasteiger partial charge in [0.15, 0.2) is 5.82 Å². The molecule has 0 unspecified atom stereocenters. The van der Waals surface area contributed by atoms with E-state index in [9.17, 15) is 5.11 Å². The standard InChI is InChI=1S/C22H32N4O2/c1-5-6-9-22(3)10-13-26(14-11-22)20-18(15-27)25-19(16(2)24-20)17-8-7-12-23-21(17)28-4/h7-8,12,27H,5-6,9-11,13-15H2,1-4H3. The summed E-state index contributed by atoms with van der Waals surface area (Å²) in [5.41, 5.74) is 3.35. The number of aryl methyl sites for hydroxylation is 1. The first-order valence-electron chi connectivity index (χ1n) is 10.2. The van der Waals surface area contributed by atoms with Crippen LogP contribution in [0.25, 0.3) is 11.3 Å². The average Bonchev–Trinajstić information content (AvgIpc) is 2.73. The molecule has 3 heterocycles. The zero-order chi connectivity index (χ0) is 20.1. The Morgan fingerprint density at radius 1 is 1.25 bits per heavy atom. The lowest BCUT2D eigenvalue weighted by Gasteiger charge is -2.40. The van der Waals surface area contributed by atoms with Gasteiger partial charge in [0.2, 0.25) is 5.88 Å². The van der Waals surface area contributed by atoms with E-state index < -0.39 is 0 Å². The fourth-order valence-electron chi connectivity index (χ4n) is 4.00. The van der Waals surface area contributed by atoms with Crippen LogP contribution < -0.4 is 9.64 Å². The van der Waals surface area contributed by atoms with Crippen LogP contribution >= 0.6 is 0 Å². The van der Waals surface area contributed by atoms with Crippen molar-refractivity contribution in [3.05, 3.63) is 29.7 Å². The third-order valence-corrected chi connectivity index (χ3v) is 5.89. The lowest BCUT2D eigenvalue weighted by Crippen LogP contribution is -2.40. The van der Waals surface area contributed by atoms with Crippen molar-refractivity contribution in [1.29, 1.82) is 0 Å². The highest BCUT2D eigenvalue weighted by Crippen LogP contribution is 2.38. The predicted molar refractivity (Wildman–Crippen MR) is 112 cm³/mol. The van der Waals surface area contributed by atoms with Crippen LogP contribution in [0.1, 0.15) is 57.3 Å². The third-order valence-electron chi connectivity index (χ3n) is 5.89. The summed E-state index contributed by atoms with van der Waals surface area (Å²) in [6, 6.07) is 3.77. The topological polar surface area (TPSA) is 71.4 Å². The van der Waals surface area contributed by atoms with Gasteiger partial charge in [0.1, 0.15) is 5.69 Å². The number of aromatic nitrogens is 3. The number of hydrogen-bond acceptors (Lipinski definition) is 6. The Balaban J connectivity index is 1.87. The maximum Gasteiger partial charge on any atom is 0.222 e. The molecule has 0 aromatic carbocycles. The Morgan fingerprint density at radius 2 is 2.00 bits per heavy atom. The van der Waals surface area contributed by atoms with Crippen molar-refractivity contribution in [2.75, 3.05) is 25.1 Å². The van der Waals surface area contributed by atoms with E-state index in [-0.39, 0.29) is 6.61 Å². The minimum Gasteiger partial charge on any atom is -0.481 e. The average molecular weight is 385 g/mol. The van der Waals surface area contributed by atoms with Gasteiger partial charge in [0, 0.05) is 19.3 Å². The van der Waals surface area contributed by atoms with Crippen molar-refractivity contribution in [3.8, 4) is 17.1 Å². The fourth-order valence-corrected chi connectivity index (χ4v) is 4.00. The molecule has 0 radical (unpaired) electrons. The molecule has 0 amide bonds. The SMILES string of the molecule is CCCCC1(C)CCN(c2nc(C)c(-c3cccnc3OC)nc2CO)CC1. The number of methoxy groups -OCH3 is 1. The molecule has 2 aromatic rings. The fraction of sp³-hybridized carbons (Fsp3) is 0.591. The van der Waals surface area contributed by atoms with Crippen LogP contribution in [-0.4, -0.2) is 40.3 Å². The Kier molecular flexibility index (Phi) is 6.50.